The van der Waals surface area contributed by atoms with Crippen LogP contribution in [0.3, 0.4) is 0 Å². The molecule has 4 saturated heterocycles. The van der Waals surface area contributed by atoms with E-state index < -0.39 is 36.4 Å². The number of nitrogens with one attached hydrogen (secondary N) is 1. The van der Waals surface area contributed by atoms with Crippen LogP contribution >= 0.6 is 11.3 Å². The Kier molecular flexibility index (Phi) is 14.9. The molecule has 20 heteroatoms. The van der Waals surface area contributed by atoms with Crippen molar-refractivity contribution in [3.63, 3.8) is 0 Å². The zero-order chi connectivity index (χ0) is 49.9. The van der Waals surface area contributed by atoms with E-state index in [9.17, 15) is 24.6 Å². The van der Waals surface area contributed by atoms with E-state index in [1.807, 2.05) is 62.4 Å². The first-order valence-electron chi connectivity index (χ1n) is 24.4. The molecule has 9 rings (SSSR count). The number of halogens is 1. The fourth-order valence-corrected chi connectivity index (χ4v) is 11.0. The summed E-state index contributed by atoms with van der Waals surface area (Å²) in [5, 5.41) is 36.8. The number of phenolic OH excluding ortho intramolecular Hbond substituents is 1. The Morgan fingerprint density at radius 1 is 0.958 bits per heavy atom. The van der Waals surface area contributed by atoms with Crippen LogP contribution in [0.25, 0.3) is 27.3 Å². The second-order valence-corrected chi connectivity index (χ2v) is 20.2. The van der Waals surface area contributed by atoms with Gasteiger partial charge in [-0.25, -0.2) is 14.2 Å². The highest BCUT2D eigenvalue weighted by atomic mass is 32.1. The molecule has 18 nitrogen and oxygen atoms in total. The van der Waals surface area contributed by atoms with E-state index in [0.717, 1.165) is 41.1 Å². The summed E-state index contributed by atoms with van der Waals surface area (Å²) in [6.07, 6.45) is -1.31. The normalized spacial score (nSPS) is 21.5. The monoisotopic (exact) mass is 991 g/mol. The van der Waals surface area contributed by atoms with Crippen LogP contribution in [0.4, 0.5) is 26.5 Å². The Bertz CT molecular complexity index is 2730. The molecule has 3 amide bonds. The van der Waals surface area contributed by atoms with Crippen LogP contribution in [-0.2, 0) is 14.3 Å². The third-order valence-corrected chi connectivity index (χ3v) is 15.2. The number of piperidine rings is 2. The minimum atomic E-state index is -1.32. The molecule has 5 N–H and O–H groups in total. The number of β-amino-alcohol motifs (C(OH)–C–C–N with tert-alkyl or cyclic N) is 1. The summed E-state index contributed by atoms with van der Waals surface area (Å²) in [6.45, 7) is 12.1. The van der Waals surface area contributed by atoms with Gasteiger partial charge in [-0.2, -0.15) is 0 Å². The molecule has 4 aliphatic rings. The number of benzene rings is 2. The number of allylic oxidation sites excluding steroid dienone is 1. The van der Waals surface area contributed by atoms with Crippen molar-refractivity contribution >= 4 is 52.1 Å². The summed E-state index contributed by atoms with van der Waals surface area (Å²) >= 11 is 1.58. The summed E-state index contributed by atoms with van der Waals surface area (Å²) in [6, 6.07) is 17.2. The zero-order valence-electron chi connectivity index (χ0n) is 40.5. The first kappa shape index (κ1) is 49.3. The van der Waals surface area contributed by atoms with Crippen molar-refractivity contribution in [1.82, 2.24) is 40.4 Å². The number of alkyl halides is 1. The number of carbonyl (C=O) groups is 3. The number of piperazine rings is 1. The smallest absolute Gasteiger partial charge is 0.410 e. The van der Waals surface area contributed by atoms with E-state index in [1.54, 1.807) is 52.6 Å². The number of ether oxygens (including phenoxy) is 1. The van der Waals surface area contributed by atoms with Gasteiger partial charge >= 0.3 is 6.09 Å². The molecule has 3 aromatic heterocycles. The molecule has 4 aliphatic heterocycles. The topological polar surface area (TPSA) is 220 Å². The van der Waals surface area contributed by atoms with Crippen LogP contribution in [0, 0.1) is 12.8 Å². The summed E-state index contributed by atoms with van der Waals surface area (Å²) in [7, 11) is 0. The van der Waals surface area contributed by atoms with Crippen LogP contribution < -0.4 is 20.9 Å². The van der Waals surface area contributed by atoms with Crippen molar-refractivity contribution in [2.45, 2.75) is 83.8 Å². The molecule has 376 valence electrons. The predicted octanol–water partition coefficient (Wildman–Crippen LogP) is 6.07. The molecule has 0 spiro atoms. The molecule has 5 aromatic rings. The molecule has 5 atom stereocenters. The maximum absolute atomic E-state index is 15.6. The van der Waals surface area contributed by atoms with Crippen molar-refractivity contribution < 1.29 is 38.2 Å². The van der Waals surface area contributed by atoms with Gasteiger partial charge in [0, 0.05) is 89.9 Å². The van der Waals surface area contributed by atoms with E-state index in [4.69, 9.17) is 15.0 Å². The van der Waals surface area contributed by atoms with Gasteiger partial charge in [0.1, 0.15) is 24.1 Å². The van der Waals surface area contributed by atoms with E-state index in [0.29, 0.717) is 97.8 Å². The minimum Gasteiger partial charge on any atom is -0.507 e. The molecule has 4 fully saturated rings. The van der Waals surface area contributed by atoms with Crippen LogP contribution in [-0.4, -0.2) is 153 Å². The number of nitrogen functional groups attached to an aromatic ring is 1. The second-order valence-electron chi connectivity index (χ2n) is 19.3. The van der Waals surface area contributed by atoms with Gasteiger partial charge in [0.05, 0.1) is 45.2 Å². The fraction of sp³-hybridized carbons (Fsp3) is 0.471. The molecular weight excluding hydrogens is 930 g/mol. The lowest BCUT2D eigenvalue weighted by molar-refractivity contribution is -0.135. The zero-order valence-corrected chi connectivity index (χ0v) is 41.4. The molecule has 0 radical (unpaired) electrons. The fourth-order valence-electron chi connectivity index (χ4n) is 10.2. The van der Waals surface area contributed by atoms with Gasteiger partial charge in [0.15, 0.2) is 17.4 Å². The Hall–Kier alpha value is -6.64. The maximum Gasteiger partial charge on any atom is 0.410 e. The number of carbonyl (C=O) groups excluding carboxylic acids is 3. The Balaban J connectivity index is 0.724. The quantitative estimate of drug-likeness (QED) is 0.104. The van der Waals surface area contributed by atoms with Gasteiger partial charge in [-0.05, 0) is 75.8 Å². The van der Waals surface area contributed by atoms with Crippen molar-refractivity contribution in [2.24, 2.45) is 5.92 Å². The van der Waals surface area contributed by atoms with Crippen LogP contribution in [0.2, 0.25) is 0 Å². The number of para-hydroxylation sites is 1. The Labute approximate surface area is 416 Å². The summed E-state index contributed by atoms with van der Waals surface area (Å²) in [4.78, 5) is 56.0. The first-order chi connectivity index (χ1) is 34.2. The third kappa shape index (κ3) is 11.0. The highest BCUT2D eigenvalue weighted by Gasteiger charge is 2.42. The van der Waals surface area contributed by atoms with Crippen molar-refractivity contribution in [2.75, 3.05) is 81.0 Å². The number of aryl methyl sites for hydroxylation is 1. The van der Waals surface area contributed by atoms with Gasteiger partial charge in [0.2, 0.25) is 5.91 Å². The Morgan fingerprint density at radius 3 is 2.39 bits per heavy atom. The number of rotatable bonds is 12. The molecule has 0 saturated carbocycles. The number of hydrogen-bond acceptors (Lipinski definition) is 16. The average Bonchev–Trinajstić information content (AvgIpc) is 4.13. The summed E-state index contributed by atoms with van der Waals surface area (Å²) in [5.74, 6) is 0.814. The average molecular weight is 992 g/mol. The van der Waals surface area contributed by atoms with Crippen LogP contribution in [0.5, 0.6) is 5.75 Å². The maximum atomic E-state index is 15.6. The number of likely N-dealkylation sites (tertiary alicyclic amines) is 2. The van der Waals surface area contributed by atoms with Crippen molar-refractivity contribution in [3.8, 4) is 27.4 Å². The molecular formula is C51H62FN11O7S. The second kappa shape index (κ2) is 21.4. The number of anilines is 3. The van der Waals surface area contributed by atoms with Gasteiger partial charge in [-0.15, -0.1) is 21.5 Å². The number of thiazole rings is 1. The van der Waals surface area contributed by atoms with Gasteiger partial charge in [0.25, 0.3) is 5.91 Å². The lowest BCUT2D eigenvalue weighted by atomic mass is 9.94. The molecule has 71 heavy (non-hydrogen) atoms. The molecule has 0 bridgehead atoms. The number of phenols is 1. The molecule has 0 aliphatic carbocycles. The first-order valence-corrected chi connectivity index (χ1v) is 25.3. The number of hydrogen-bond donors (Lipinski definition) is 4. The summed E-state index contributed by atoms with van der Waals surface area (Å²) in [5.41, 5.74) is 13.6. The van der Waals surface area contributed by atoms with E-state index >= 15 is 4.39 Å². The van der Waals surface area contributed by atoms with E-state index in [-0.39, 0.29) is 43.0 Å². The number of aliphatic hydroxyl groups is 1. The van der Waals surface area contributed by atoms with E-state index in [2.05, 4.69) is 35.5 Å². The summed E-state index contributed by atoms with van der Waals surface area (Å²) < 4.78 is 27.2. The predicted molar refractivity (Wildman–Crippen MR) is 268 cm³/mol. The molecule has 1 unspecified atom stereocenters. The largest absolute Gasteiger partial charge is 0.507 e. The molecule has 2 aromatic carbocycles. The highest BCUT2D eigenvalue weighted by molar-refractivity contribution is 7.13. The SMILES string of the molecule is CC(C)=C(C(=O)N1C[C@H](O)C[C@H]1C(=O)NC(C)c1ccc(-c2scnc2C)cc1)c1cc(N2CCC(CN3CC[C@@H](OC(=O)N4CCN(c5cc(-c6ccccc6O)nnc5N)CC4)[C@@H](F)C3)CC2)no1. The lowest BCUT2D eigenvalue weighted by Crippen LogP contribution is -2.52. The number of nitrogens with two attached hydrogens (primary N) is 1. The van der Waals surface area contributed by atoms with Crippen LogP contribution in [0.15, 0.2) is 76.3 Å². The lowest BCUT2D eigenvalue weighted by Gasteiger charge is -2.40. The van der Waals surface area contributed by atoms with Crippen molar-refractivity contribution in [3.05, 3.63) is 88.8 Å². The minimum absolute atomic E-state index is 0.0116. The van der Waals surface area contributed by atoms with E-state index in [1.165, 1.54) is 4.90 Å². The van der Waals surface area contributed by atoms with Crippen molar-refractivity contribution in [1.29, 1.82) is 0 Å². The highest BCUT2D eigenvalue weighted by Crippen LogP contribution is 2.35. The Morgan fingerprint density at radius 2 is 1.70 bits per heavy atom. The van der Waals surface area contributed by atoms with Gasteiger partial charge < -0.3 is 50.1 Å². The number of aromatic nitrogens is 4. The number of aliphatic hydroxyl groups excluding tert-OH is 1. The van der Waals surface area contributed by atoms with Crippen LogP contribution in [0.1, 0.15) is 69.5 Å². The third-order valence-electron chi connectivity index (χ3n) is 14.2. The van der Waals surface area contributed by atoms with Gasteiger partial charge in [-0.1, -0.05) is 47.1 Å². The standard InChI is InChI=1S/C51H62FN11O7S/c1-30(2)46(50(67)63-27-36(64)23-41(63)49(66)55-31(3)34-9-11-35(12-10-34)47-32(4)54-29-71-47)44-25-45(58-70-44)61-17-13-33(14-18-61)26-59-16-15-43(38(52)28-59)69-51(68)62-21-19-60(20-22-62)40-24-39(56-57-48(40)53)37-7-5-6-8-42(37)65/h5-12,24-25,29,31,33,36,38,41,43,64-65H,13-23,26-28H2,1-4H3,(H2,53,57)(H,55,66)/t31?,36-,38+,41+,43-/m1/s1. The number of aromatic hydroxyl groups is 1. The van der Waals surface area contributed by atoms with Gasteiger partial charge in [-0.3, -0.25) is 14.5 Å². The molecule has 7 heterocycles. The number of nitrogens with zero attached hydrogens (tertiary/aromatic N) is 9. The number of amides is 3.